The normalized spacial score (nSPS) is 11.3. The highest BCUT2D eigenvalue weighted by molar-refractivity contribution is 7.07. The van der Waals surface area contributed by atoms with Gasteiger partial charge >= 0.3 is 0 Å². The van der Waals surface area contributed by atoms with Crippen LogP contribution in [-0.2, 0) is 6.54 Å². The number of thiazole rings is 1. The summed E-state index contributed by atoms with van der Waals surface area (Å²) in [5.41, 5.74) is 3.27. The monoisotopic (exact) mass is 389 g/mol. The molecular weight excluding hydrogens is 372 g/mol. The zero-order valence-corrected chi connectivity index (χ0v) is 15.0. The molecule has 2 aromatic carbocycles. The average molecular weight is 390 g/mol. The van der Waals surface area contributed by atoms with E-state index in [-0.39, 0.29) is 23.6 Å². The fourth-order valence-corrected chi connectivity index (χ4v) is 3.27. The first-order valence-electron chi connectivity index (χ1n) is 7.33. The van der Waals surface area contributed by atoms with E-state index in [4.69, 9.17) is 10.1 Å². The molecule has 0 saturated heterocycles. The standard InChI is InChI=1S/C18H18N2OS.BrH/c21-13-7-12-20-17(15-8-3-1-4-9-15)14-22-18(20)19-16-10-5-2-6-11-16;/h1-6,8-11,14,21H,7,12-13H2;1H/p-1. The van der Waals surface area contributed by atoms with Crippen LogP contribution < -0.4 is 21.8 Å². The number of halogens is 1. The molecule has 0 aliphatic rings. The summed E-state index contributed by atoms with van der Waals surface area (Å²) in [6.45, 7) is 0.942. The second-order valence-corrected chi connectivity index (χ2v) is 5.78. The number of aliphatic hydroxyl groups excluding tert-OH is 1. The minimum atomic E-state index is 0. The lowest BCUT2D eigenvalue weighted by molar-refractivity contribution is -0.00000550. The maximum Gasteiger partial charge on any atom is 0.190 e. The zero-order valence-electron chi connectivity index (χ0n) is 12.6. The van der Waals surface area contributed by atoms with Gasteiger partial charge in [-0.05, 0) is 24.1 Å². The third-order valence-electron chi connectivity index (χ3n) is 3.39. The Labute approximate surface area is 150 Å². The number of benzene rings is 2. The number of aromatic nitrogens is 1. The van der Waals surface area contributed by atoms with Gasteiger partial charge in [0.1, 0.15) is 0 Å². The van der Waals surface area contributed by atoms with E-state index in [1.54, 1.807) is 11.3 Å². The van der Waals surface area contributed by atoms with E-state index in [1.165, 1.54) is 5.56 Å². The second kappa shape index (κ2) is 8.82. The van der Waals surface area contributed by atoms with E-state index in [0.717, 1.165) is 29.1 Å². The molecule has 120 valence electrons. The third kappa shape index (κ3) is 4.41. The molecule has 0 aliphatic heterocycles. The van der Waals surface area contributed by atoms with Crippen LogP contribution in [0.3, 0.4) is 0 Å². The Bertz CT molecular complexity index is 782. The van der Waals surface area contributed by atoms with Crippen molar-refractivity contribution >= 4 is 17.0 Å². The summed E-state index contributed by atoms with van der Waals surface area (Å²) >= 11 is 1.63. The van der Waals surface area contributed by atoms with Crippen LogP contribution in [0.4, 0.5) is 5.69 Å². The lowest BCUT2D eigenvalue weighted by Crippen LogP contribution is -3.00. The number of hydrogen-bond acceptors (Lipinski definition) is 3. The van der Waals surface area contributed by atoms with Gasteiger partial charge < -0.3 is 26.7 Å². The van der Waals surface area contributed by atoms with Crippen molar-refractivity contribution in [2.45, 2.75) is 13.0 Å². The number of para-hydroxylation sites is 1. The fourth-order valence-electron chi connectivity index (χ4n) is 2.32. The molecule has 5 heteroatoms. The maximum atomic E-state index is 9.17. The lowest BCUT2D eigenvalue weighted by atomic mass is 10.2. The first-order chi connectivity index (χ1) is 10.9. The van der Waals surface area contributed by atoms with Crippen LogP contribution in [0.2, 0.25) is 0 Å². The van der Waals surface area contributed by atoms with Crippen molar-refractivity contribution in [2.75, 3.05) is 6.61 Å². The van der Waals surface area contributed by atoms with Gasteiger partial charge in [0.15, 0.2) is 4.80 Å². The van der Waals surface area contributed by atoms with Crippen molar-refractivity contribution in [2.24, 2.45) is 4.99 Å². The molecule has 0 unspecified atom stereocenters. The predicted molar refractivity (Wildman–Crippen MR) is 91.1 cm³/mol. The number of hydrogen-bond donors (Lipinski definition) is 1. The zero-order chi connectivity index (χ0) is 15.2. The highest BCUT2D eigenvalue weighted by Crippen LogP contribution is 2.20. The maximum absolute atomic E-state index is 9.17. The molecule has 0 bridgehead atoms. The SMILES string of the molecule is OCCCn1c(-c2ccccc2)csc1=Nc1ccccc1.[Br-]. The molecule has 0 aliphatic carbocycles. The molecule has 0 fully saturated rings. The summed E-state index contributed by atoms with van der Waals surface area (Å²) in [6.07, 6.45) is 0.721. The molecular formula is C18H18BrN2OS-. The van der Waals surface area contributed by atoms with Crippen molar-refractivity contribution in [3.05, 3.63) is 70.8 Å². The van der Waals surface area contributed by atoms with Crippen molar-refractivity contribution in [3.8, 4) is 11.3 Å². The molecule has 23 heavy (non-hydrogen) atoms. The smallest absolute Gasteiger partial charge is 0.190 e. The molecule has 3 aromatic rings. The van der Waals surface area contributed by atoms with E-state index in [0.29, 0.717) is 0 Å². The van der Waals surface area contributed by atoms with Gasteiger partial charge in [-0.25, -0.2) is 4.99 Å². The highest BCUT2D eigenvalue weighted by atomic mass is 79.9. The van der Waals surface area contributed by atoms with E-state index < -0.39 is 0 Å². The van der Waals surface area contributed by atoms with E-state index in [2.05, 4.69) is 22.1 Å². The third-order valence-corrected chi connectivity index (χ3v) is 4.25. The molecule has 1 heterocycles. The topological polar surface area (TPSA) is 37.5 Å². The van der Waals surface area contributed by atoms with Crippen LogP contribution in [0.15, 0.2) is 71.0 Å². The molecule has 0 spiro atoms. The van der Waals surface area contributed by atoms with Gasteiger partial charge in [0.2, 0.25) is 0 Å². The van der Waals surface area contributed by atoms with Gasteiger partial charge in [0, 0.05) is 18.5 Å². The van der Waals surface area contributed by atoms with Crippen molar-refractivity contribution in [3.63, 3.8) is 0 Å². The Hall–Kier alpha value is -1.69. The van der Waals surface area contributed by atoms with Crippen LogP contribution in [0.1, 0.15) is 6.42 Å². The lowest BCUT2D eigenvalue weighted by Gasteiger charge is -2.08. The second-order valence-electron chi connectivity index (χ2n) is 4.95. The molecule has 0 atom stereocenters. The van der Waals surface area contributed by atoms with E-state index in [1.807, 2.05) is 48.5 Å². The summed E-state index contributed by atoms with van der Waals surface area (Å²) in [5.74, 6) is 0. The number of rotatable bonds is 5. The molecule has 1 aromatic heterocycles. The minimum Gasteiger partial charge on any atom is -1.00 e. The Morgan fingerprint density at radius 3 is 2.26 bits per heavy atom. The fraction of sp³-hybridized carbons (Fsp3) is 0.167. The Kier molecular flexibility index (Phi) is 6.77. The Morgan fingerprint density at radius 2 is 1.61 bits per heavy atom. The summed E-state index contributed by atoms with van der Waals surface area (Å²) < 4.78 is 2.18. The van der Waals surface area contributed by atoms with Gasteiger partial charge in [-0.1, -0.05) is 48.5 Å². The average Bonchev–Trinajstić information content (AvgIpc) is 2.97. The first-order valence-corrected chi connectivity index (χ1v) is 8.21. The molecule has 3 nitrogen and oxygen atoms in total. The quantitative estimate of drug-likeness (QED) is 0.689. The van der Waals surface area contributed by atoms with Crippen LogP contribution in [0.5, 0.6) is 0 Å². The first kappa shape index (κ1) is 17.7. The largest absolute Gasteiger partial charge is 1.00 e. The van der Waals surface area contributed by atoms with Gasteiger partial charge in [0.25, 0.3) is 0 Å². The van der Waals surface area contributed by atoms with E-state index >= 15 is 0 Å². The number of nitrogens with zero attached hydrogens (tertiary/aromatic N) is 2. The van der Waals surface area contributed by atoms with Crippen LogP contribution in [0, 0.1) is 0 Å². The minimum absolute atomic E-state index is 0. The number of aliphatic hydroxyl groups is 1. The summed E-state index contributed by atoms with van der Waals surface area (Å²) in [4.78, 5) is 5.70. The molecule has 1 N–H and O–H groups in total. The Morgan fingerprint density at radius 1 is 0.957 bits per heavy atom. The Balaban J connectivity index is 0.00000192. The van der Waals surface area contributed by atoms with Crippen LogP contribution >= 0.6 is 11.3 Å². The van der Waals surface area contributed by atoms with Crippen molar-refractivity contribution < 1.29 is 22.1 Å². The molecule has 0 radical (unpaired) electrons. The van der Waals surface area contributed by atoms with E-state index in [9.17, 15) is 0 Å². The summed E-state index contributed by atoms with van der Waals surface area (Å²) in [5, 5.41) is 11.3. The highest BCUT2D eigenvalue weighted by Gasteiger charge is 2.07. The van der Waals surface area contributed by atoms with Gasteiger partial charge in [-0.2, -0.15) is 0 Å². The van der Waals surface area contributed by atoms with Gasteiger partial charge in [-0.3, -0.25) is 0 Å². The summed E-state index contributed by atoms with van der Waals surface area (Å²) in [6, 6.07) is 20.3. The van der Waals surface area contributed by atoms with Crippen LogP contribution in [0.25, 0.3) is 11.3 Å². The molecule has 0 saturated carbocycles. The van der Waals surface area contributed by atoms with Crippen molar-refractivity contribution in [1.82, 2.24) is 4.57 Å². The van der Waals surface area contributed by atoms with Crippen LogP contribution in [-0.4, -0.2) is 16.3 Å². The van der Waals surface area contributed by atoms with Gasteiger partial charge in [-0.15, -0.1) is 11.3 Å². The molecule has 3 rings (SSSR count). The van der Waals surface area contributed by atoms with Gasteiger partial charge in [0.05, 0.1) is 11.4 Å². The summed E-state index contributed by atoms with van der Waals surface area (Å²) in [7, 11) is 0. The molecule has 0 amide bonds. The predicted octanol–water partition coefficient (Wildman–Crippen LogP) is 0.835. The van der Waals surface area contributed by atoms with Crippen molar-refractivity contribution in [1.29, 1.82) is 0 Å².